The van der Waals surface area contributed by atoms with Crippen molar-refractivity contribution in [2.24, 2.45) is 0 Å². The van der Waals surface area contributed by atoms with Crippen LogP contribution in [-0.4, -0.2) is 42.6 Å². The van der Waals surface area contributed by atoms with Gasteiger partial charge in [-0.1, -0.05) is 42.5 Å². The van der Waals surface area contributed by atoms with Gasteiger partial charge >= 0.3 is 0 Å². The summed E-state index contributed by atoms with van der Waals surface area (Å²) < 4.78 is 5.52. The first-order valence-corrected chi connectivity index (χ1v) is 8.57. The Morgan fingerprint density at radius 3 is 2.79 bits per heavy atom. The summed E-state index contributed by atoms with van der Waals surface area (Å²) in [6.07, 6.45) is 0. The zero-order chi connectivity index (χ0) is 17.2. The second kappa shape index (κ2) is 6.91. The summed E-state index contributed by atoms with van der Waals surface area (Å²) in [6.45, 7) is 8.84. The number of nitrogens with zero attached hydrogens (tertiary/aromatic N) is 1. The van der Waals surface area contributed by atoms with E-state index in [1.165, 1.54) is 10.8 Å². The number of benzene rings is 2. The number of nitrogens with one attached hydrogen (secondary N) is 1. The highest BCUT2D eigenvalue weighted by atomic mass is 16.5. The largest absolute Gasteiger partial charge is 0.378 e. The van der Waals surface area contributed by atoms with E-state index in [4.69, 9.17) is 4.74 Å². The molecule has 1 heterocycles. The Kier molecular flexibility index (Phi) is 4.88. The Morgan fingerprint density at radius 1 is 1.25 bits per heavy atom. The molecular formula is C20H26N2O2. The summed E-state index contributed by atoms with van der Waals surface area (Å²) in [5, 5.41) is 5.55. The lowest BCUT2D eigenvalue weighted by atomic mass is 9.99. The van der Waals surface area contributed by atoms with Gasteiger partial charge in [-0.05, 0) is 37.1 Å². The van der Waals surface area contributed by atoms with Crippen LogP contribution in [0.4, 0.5) is 0 Å². The molecule has 1 amide bonds. The highest BCUT2D eigenvalue weighted by Crippen LogP contribution is 2.24. The zero-order valence-electron chi connectivity index (χ0n) is 14.7. The van der Waals surface area contributed by atoms with Gasteiger partial charge in [0.2, 0.25) is 5.91 Å². The molecule has 1 atom stereocenters. The highest BCUT2D eigenvalue weighted by Gasteiger charge is 2.31. The van der Waals surface area contributed by atoms with Crippen LogP contribution in [0.15, 0.2) is 42.5 Å². The number of carbonyl (C=O) groups is 1. The Morgan fingerprint density at radius 2 is 2.00 bits per heavy atom. The van der Waals surface area contributed by atoms with Crippen LogP contribution in [0, 0.1) is 0 Å². The monoisotopic (exact) mass is 326 g/mol. The van der Waals surface area contributed by atoms with Crippen LogP contribution in [0.2, 0.25) is 0 Å². The molecule has 24 heavy (non-hydrogen) atoms. The van der Waals surface area contributed by atoms with Crippen molar-refractivity contribution in [3.05, 3.63) is 48.0 Å². The number of ether oxygens (including phenoxy) is 1. The molecule has 0 radical (unpaired) electrons. The molecule has 0 unspecified atom stereocenters. The van der Waals surface area contributed by atoms with Gasteiger partial charge in [-0.3, -0.25) is 9.69 Å². The fourth-order valence-corrected chi connectivity index (χ4v) is 3.35. The van der Waals surface area contributed by atoms with Crippen molar-refractivity contribution in [3.8, 4) is 0 Å². The Bertz CT molecular complexity index is 721. The van der Waals surface area contributed by atoms with Gasteiger partial charge < -0.3 is 10.1 Å². The van der Waals surface area contributed by atoms with Gasteiger partial charge in [-0.15, -0.1) is 0 Å². The minimum Gasteiger partial charge on any atom is -0.378 e. The molecule has 1 fully saturated rings. The maximum absolute atomic E-state index is 12.5. The predicted molar refractivity (Wildman–Crippen MR) is 97.0 cm³/mol. The molecule has 3 rings (SSSR count). The molecule has 0 bridgehead atoms. The molecule has 0 aromatic heterocycles. The molecule has 2 aromatic carbocycles. The van der Waals surface area contributed by atoms with E-state index in [1.54, 1.807) is 0 Å². The van der Waals surface area contributed by atoms with Crippen LogP contribution in [0.5, 0.6) is 0 Å². The number of rotatable bonds is 4. The minimum atomic E-state index is -0.0989. The van der Waals surface area contributed by atoms with Crippen LogP contribution >= 0.6 is 0 Å². The predicted octanol–water partition coefficient (Wildman–Crippen LogP) is 3.13. The molecule has 1 saturated heterocycles. The average Bonchev–Trinajstić information content (AvgIpc) is 2.56. The number of amides is 1. The van der Waals surface area contributed by atoms with Gasteiger partial charge in [0.25, 0.3) is 0 Å². The van der Waals surface area contributed by atoms with E-state index >= 15 is 0 Å². The van der Waals surface area contributed by atoms with Crippen molar-refractivity contribution in [2.45, 2.75) is 32.4 Å². The van der Waals surface area contributed by atoms with Gasteiger partial charge in [-0.25, -0.2) is 0 Å². The normalized spacial score (nSPS) is 19.1. The Hall–Kier alpha value is -1.91. The maximum Gasteiger partial charge on any atom is 0.234 e. The van der Waals surface area contributed by atoms with E-state index in [0.717, 1.165) is 12.1 Å². The number of hydrogen-bond donors (Lipinski definition) is 1. The summed E-state index contributed by atoms with van der Waals surface area (Å²) >= 11 is 0. The third-order valence-electron chi connectivity index (χ3n) is 4.82. The van der Waals surface area contributed by atoms with E-state index in [2.05, 4.69) is 48.3 Å². The van der Waals surface area contributed by atoms with Crippen LogP contribution in [0.1, 0.15) is 32.4 Å². The van der Waals surface area contributed by atoms with Gasteiger partial charge in [0.05, 0.1) is 25.8 Å². The van der Waals surface area contributed by atoms with E-state index < -0.39 is 0 Å². The molecule has 0 spiro atoms. The van der Waals surface area contributed by atoms with Crippen molar-refractivity contribution >= 4 is 16.7 Å². The van der Waals surface area contributed by atoms with Crippen molar-refractivity contribution in [1.82, 2.24) is 10.2 Å². The van der Waals surface area contributed by atoms with Crippen molar-refractivity contribution < 1.29 is 9.53 Å². The summed E-state index contributed by atoms with van der Waals surface area (Å²) in [4.78, 5) is 14.7. The molecule has 2 aromatic rings. The lowest BCUT2D eigenvalue weighted by Crippen LogP contribution is -2.55. The summed E-state index contributed by atoms with van der Waals surface area (Å²) in [5.74, 6) is 0.0606. The molecular weight excluding hydrogens is 300 g/mol. The summed E-state index contributed by atoms with van der Waals surface area (Å²) in [6, 6.07) is 14.5. The zero-order valence-corrected chi connectivity index (χ0v) is 14.7. The lowest BCUT2D eigenvalue weighted by Gasteiger charge is -2.41. The standard InChI is InChI=1S/C20H26N2O2/c1-15(17-10-6-8-16-7-4-5-9-18(16)17)21-19(23)13-22-11-12-24-14-20(22,2)3/h4-10,15H,11-14H2,1-3H3,(H,21,23)/t15-/m0/s1. The van der Waals surface area contributed by atoms with Crippen LogP contribution in [-0.2, 0) is 9.53 Å². The van der Waals surface area contributed by atoms with Gasteiger partial charge in [0.15, 0.2) is 0 Å². The topological polar surface area (TPSA) is 41.6 Å². The molecule has 4 heteroatoms. The smallest absolute Gasteiger partial charge is 0.234 e. The fourth-order valence-electron chi connectivity index (χ4n) is 3.35. The Balaban J connectivity index is 1.69. The lowest BCUT2D eigenvalue weighted by molar-refractivity contribution is -0.127. The fraction of sp³-hybridized carbons (Fsp3) is 0.450. The van der Waals surface area contributed by atoms with Crippen molar-refractivity contribution in [2.75, 3.05) is 26.3 Å². The van der Waals surface area contributed by atoms with E-state index in [1.807, 2.05) is 25.1 Å². The number of fused-ring (bicyclic) bond motifs is 1. The van der Waals surface area contributed by atoms with Gasteiger partial charge in [-0.2, -0.15) is 0 Å². The Labute approximate surface area is 143 Å². The number of hydrogen-bond acceptors (Lipinski definition) is 3. The molecule has 1 aliphatic heterocycles. The van der Waals surface area contributed by atoms with E-state index in [9.17, 15) is 4.79 Å². The molecule has 0 saturated carbocycles. The van der Waals surface area contributed by atoms with Crippen LogP contribution in [0.3, 0.4) is 0 Å². The van der Waals surface area contributed by atoms with Crippen LogP contribution in [0.25, 0.3) is 10.8 Å². The van der Waals surface area contributed by atoms with Crippen molar-refractivity contribution in [3.63, 3.8) is 0 Å². The first-order valence-electron chi connectivity index (χ1n) is 8.57. The number of carbonyl (C=O) groups excluding carboxylic acids is 1. The molecule has 1 N–H and O–H groups in total. The first kappa shape index (κ1) is 16.9. The SMILES string of the molecule is C[C@H](NC(=O)CN1CCOCC1(C)C)c1cccc2ccccc12. The third kappa shape index (κ3) is 3.60. The maximum atomic E-state index is 12.5. The molecule has 1 aliphatic rings. The summed E-state index contributed by atoms with van der Waals surface area (Å²) in [5.41, 5.74) is 1.06. The van der Waals surface area contributed by atoms with Gasteiger partial charge in [0.1, 0.15) is 0 Å². The van der Waals surface area contributed by atoms with E-state index in [0.29, 0.717) is 19.8 Å². The second-order valence-electron chi connectivity index (χ2n) is 7.14. The van der Waals surface area contributed by atoms with Crippen LogP contribution < -0.4 is 5.32 Å². The highest BCUT2D eigenvalue weighted by molar-refractivity contribution is 5.87. The van der Waals surface area contributed by atoms with Gasteiger partial charge in [0, 0.05) is 12.1 Å². The molecule has 128 valence electrons. The average molecular weight is 326 g/mol. The minimum absolute atomic E-state index is 0.0206. The molecule has 4 nitrogen and oxygen atoms in total. The first-order chi connectivity index (χ1) is 11.5. The van der Waals surface area contributed by atoms with Crippen molar-refractivity contribution in [1.29, 1.82) is 0 Å². The van der Waals surface area contributed by atoms with E-state index in [-0.39, 0.29) is 17.5 Å². The quantitative estimate of drug-likeness (QED) is 0.938. The number of morpholine rings is 1. The molecule has 0 aliphatic carbocycles. The second-order valence-corrected chi connectivity index (χ2v) is 7.14. The third-order valence-corrected chi connectivity index (χ3v) is 4.82. The summed E-state index contributed by atoms with van der Waals surface area (Å²) in [7, 11) is 0.